The van der Waals surface area contributed by atoms with Crippen LogP contribution in [0.15, 0.2) is 18.2 Å². The lowest BCUT2D eigenvalue weighted by molar-refractivity contribution is 0.492. The number of halogens is 3. The maximum Gasteiger partial charge on any atom is 0.168 e. The highest BCUT2D eigenvalue weighted by Crippen LogP contribution is 2.17. The standard InChI is InChI=1S/C10H9F3S/c11-8-4-5-9(12)10(13)7(8)3-1-2-6-14/h1,3-5,14H,2,6H2. The van der Waals surface area contributed by atoms with E-state index in [1.807, 2.05) is 0 Å². The van der Waals surface area contributed by atoms with E-state index in [1.165, 1.54) is 6.08 Å². The Bertz CT molecular complexity index is 347. The first-order valence-electron chi connectivity index (χ1n) is 4.07. The largest absolute Gasteiger partial charge is 0.206 e. The Hall–Kier alpha value is -0.900. The van der Waals surface area contributed by atoms with Gasteiger partial charge in [0.1, 0.15) is 5.82 Å². The Labute approximate surface area is 85.9 Å². The fourth-order valence-electron chi connectivity index (χ4n) is 0.971. The fraction of sp³-hybridized carbons (Fsp3) is 0.200. The van der Waals surface area contributed by atoms with Gasteiger partial charge in [0.15, 0.2) is 11.6 Å². The Morgan fingerprint density at radius 1 is 1.14 bits per heavy atom. The molecule has 0 N–H and O–H groups in total. The molecule has 0 aromatic heterocycles. The zero-order valence-electron chi connectivity index (χ0n) is 7.30. The highest BCUT2D eigenvalue weighted by atomic mass is 32.1. The average molecular weight is 218 g/mol. The van der Waals surface area contributed by atoms with Crippen LogP contribution in [0.3, 0.4) is 0 Å². The predicted octanol–water partition coefficient (Wildman–Crippen LogP) is 3.44. The van der Waals surface area contributed by atoms with E-state index in [1.54, 1.807) is 6.08 Å². The Morgan fingerprint density at radius 3 is 2.43 bits per heavy atom. The number of hydrogen-bond acceptors (Lipinski definition) is 1. The van der Waals surface area contributed by atoms with Gasteiger partial charge >= 0.3 is 0 Å². The van der Waals surface area contributed by atoms with Crippen molar-refractivity contribution in [3.8, 4) is 0 Å². The van der Waals surface area contributed by atoms with Gasteiger partial charge in [0.05, 0.1) is 0 Å². The maximum atomic E-state index is 13.0. The summed E-state index contributed by atoms with van der Waals surface area (Å²) < 4.78 is 38.7. The van der Waals surface area contributed by atoms with E-state index in [4.69, 9.17) is 0 Å². The predicted molar refractivity (Wildman–Crippen MR) is 53.8 cm³/mol. The summed E-state index contributed by atoms with van der Waals surface area (Å²) in [7, 11) is 0. The number of benzene rings is 1. The van der Waals surface area contributed by atoms with E-state index in [2.05, 4.69) is 12.6 Å². The van der Waals surface area contributed by atoms with Crippen LogP contribution in [-0.2, 0) is 0 Å². The molecule has 14 heavy (non-hydrogen) atoms. The van der Waals surface area contributed by atoms with Gasteiger partial charge in [0.25, 0.3) is 0 Å². The van der Waals surface area contributed by atoms with E-state index < -0.39 is 17.5 Å². The minimum atomic E-state index is -1.15. The molecular formula is C10H9F3S. The number of thiol groups is 1. The monoisotopic (exact) mass is 218 g/mol. The Kier molecular flexibility index (Phi) is 4.07. The number of allylic oxidation sites excluding steroid dienone is 1. The van der Waals surface area contributed by atoms with Crippen LogP contribution in [0.25, 0.3) is 6.08 Å². The molecule has 1 aromatic carbocycles. The summed E-state index contributed by atoms with van der Waals surface area (Å²) in [6.07, 6.45) is 3.36. The summed E-state index contributed by atoms with van der Waals surface area (Å²) in [5.41, 5.74) is -0.341. The van der Waals surface area contributed by atoms with Gasteiger partial charge in [-0.3, -0.25) is 0 Å². The summed E-state index contributed by atoms with van der Waals surface area (Å²) in [5.74, 6) is -2.38. The van der Waals surface area contributed by atoms with Gasteiger partial charge in [-0.2, -0.15) is 12.6 Å². The van der Waals surface area contributed by atoms with Crippen LogP contribution in [0.1, 0.15) is 12.0 Å². The van der Waals surface area contributed by atoms with Gasteiger partial charge in [-0.05, 0) is 24.3 Å². The third-order valence-electron chi connectivity index (χ3n) is 1.66. The molecule has 0 unspecified atom stereocenters. The van der Waals surface area contributed by atoms with E-state index in [0.717, 1.165) is 12.1 Å². The molecule has 0 spiro atoms. The lowest BCUT2D eigenvalue weighted by atomic mass is 10.1. The molecule has 4 heteroatoms. The van der Waals surface area contributed by atoms with Crippen LogP contribution in [-0.4, -0.2) is 5.75 Å². The lowest BCUT2D eigenvalue weighted by Crippen LogP contribution is -1.92. The van der Waals surface area contributed by atoms with Crippen molar-refractivity contribution in [2.45, 2.75) is 6.42 Å². The second kappa shape index (κ2) is 5.10. The molecule has 0 fully saturated rings. The van der Waals surface area contributed by atoms with Crippen LogP contribution in [0.4, 0.5) is 13.2 Å². The molecule has 0 aliphatic rings. The highest BCUT2D eigenvalue weighted by molar-refractivity contribution is 7.80. The Morgan fingerprint density at radius 2 is 1.79 bits per heavy atom. The molecule has 0 nitrogen and oxygen atoms in total. The lowest BCUT2D eigenvalue weighted by Gasteiger charge is -1.99. The molecule has 0 atom stereocenters. The molecule has 1 aromatic rings. The summed E-state index contributed by atoms with van der Waals surface area (Å²) in [6.45, 7) is 0. The van der Waals surface area contributed by atoms with Crippen LogP contribution in [0.5, 0.6) is 0 Å². The van der Waals surface area contributed by atoms with E-state index >= 15 is 0 Å². The van der Waals surface area contributed by atoms with Crippen LogP contribution in [0.2, 0.25) is 0 Å². The minimum Gasteiger partial charge on any atom is -0.206 e. The fourth-order valence-corrected chi connectivity index (χ4v) is 1.12. The van der Waals surface area contributed by atoms with Crippen molar-refractivity contribution >= 4 is 18.7 Å². The second-order valence-electron chi connectivity index (χ2n) is 2.67. The number of rotatable bonds is 3. The quantitative estimate of drug-likeness (QED) is 0.583. The summed E-state index contributed by atoms with van der Waals surface area (Å²) >= 11 is 3.93. The molecule has 1 rings (SSSR count). The minimum absolute atomic E-state index is 0.341. The molecule has 0 saturated heterocycles. The number of hydrogen-bond donors (Lipinski definition) is 1. The van der Waals surface area contributed by atoms with Crippen molar-refractivity contribution in [2.24, 2.45) is 0 Å². The topological polar surface area (TPSA) is 0 Å². The molecule has 0 aliphatic heterocycles. The second-order valence-corrected chi connectivity index (χ2v) is 3.12. The normalized spacial score (nSPS) is 11.1. The van der Waals surface area contributed by atoms with Crippen LogP contribution >= 0.6 is 12.6 Å². The van der Waals surface area contributed by atoms with Crippen LogP contribution in [0, 0.1) is 17.5 Å². The van der Waals surface area contributed by atoms with Crippen LogP contribution < -0.4 is 0 Å². The van der Waals surface area contributed by atoms with Crippen molar-refractivity contribution in [1.82, 2.24) is 0 Å². The first kappa shape index (κ1) is 11.2. The van der Waals surface area contributed by atoms with Gasteiger partial charge in [0.2, 0.25) is 0 Å². The summed E-state index contributed by atoms with van der Waals surface area (Å²) in [6, 6.07) is 1.67. The molecule has 0 heterocycles. The van der Waals surface area contributed by atoms with Gasteiger partial charge in [-0.15, -0.1) is 0 Å². The maximum absolute atomic E-state index is 13.0. The first-order chi connectivity index (χ1) is 6.66. The molecule has 0 radical (unpaired) electrons. The zero-order valence-corrected chi connectivity index (χ0v) is 8.20. The third-order valence-corrected chi connectivity index (χ3v) is 1.92. The molecule has 76 valence electrons. The van der Waals surface area contributed by atoms with Crippen molar-refractivity contribution < 1.29 is 13.2 Å². The SMILES string of the molecule is Fc1ccc(F)c(C=CCCS)c1F. The van der Waals surface area contributed by atoms with E-state index in [9.17, 15) is 13.2 Å². The summed E-state index contributed by atoms with van der Waals surface area (Å²) in [4.78, 5) is 0. The molecule has 0 aliphatic carbocycles. The van der Waals surface area contributed by atoms with E-state index in [-0.39, 0.29) is 5.56 Å². The van der Waals surface area contributed by atoms with Gasteiger partial charge in [-0.25, -0.2) is 13.2 Å². The van der Waals surface area contributed by atoms with Crippen molar-refractivity contribution in [3.63, 3.8) is 0 Å². The third kappa shape index (κ3) is 2.54. The van der Waals surface area contributed by atoms with Gasteiger partial charge < -0.3 is 0 Å². The Balaban J connectivity index is 3.00. The average Bonchev–Trinajstić information content (AvgIpc) is 2.18. The van der Waals surface area contributed by atoms with E-state index in [0.29, 0.717) is 12.2 Å². The zero-order chi connectivity index (χ0) is 10.6. The van der Waals surface area contributed by atoms with Gasteiger partial charge in [0, 0.05) is 5.56 Å². The molecular weight excluding hydrogens is 209 g/mol. The van der Waals surface area contributed by atoms with Crippen molar-refractivity contribution in [3.05, 3.63) is 41.2 Å². The van der Waals surface area contributed by atoms with Gasteiger partial charge in [-0.1, -0.05) is 12.2 Å². The van der Waals surface area contributed by atoms with Crippen molar-refractivity contribution in [2.75, 3.05) is 5.75 Å². The summed E-state index contributed by atoms with van der Waals surface area (Å²) in [5, 5.41) is 0. The smallest absolute Gasteiger partial charge is 0.168 e. The highest BCUT2D eigenvalue weighted by Gasteiger charge is 2.10. The molecule has 0 amide bonds. The van der Waals surface area contributed by atoms with Crippen molar-refractivity contribution in [1.29, 1.82) is 0 Å². The molecule has 0 bridgehead atoms. The molecule has 0 saturated carbocycles. The first-order valence-corrected chi connectivity index (χ1v) is 4.71.